The number of phenolic OH excluding ortho intramolecular Hbond substituents is 1. The number of methoxy groups -OCH3 is 1. The van der Waals surface area contributed by atoms with Crippen LogP contribution in [-0.4, -0.2) is 46.3 Å². The van der Waals surface area contributed by atoms with E-state index in [-0.39, 0.29) is 29.5 Å². The van der Waals surface area contributed by atoms with Gasteiger partial charge in [0.05, 0.1) is 12.6 Å². The molecule has 4 rings (SSSR count). The summed E-state index contributed by atoms with van der Waals surface area (Å²) in [5, 5.41) is 15.8. The molecule has 1 aromatic heterocycles. The number of aromatic nitrogens is 1. The van der Waals surface area contributed by atoms with Crippen molar-refractivity contribution in [1.29, 1.82) is 0 Å². The monoisotopic (exact) mass is 583 g/mol. The number of carbonyl (C=O) groups excluding carboxylic acids is 4. The van der Waals surface area contributed by atoms with Crippen LogP contribution in [-0.2, 0) is 20.8 Å². The number of ether oxygens (including phenoxy) is 2. The number of phenols is 1. The van der Waals surface area contributed by atoms with Crippen molar-refractivity contribution in [2.75, 3.05) is 7.11 Å². The quantitative estimate of drug-likeness (QED) is 0.198. The van der Waals surface area contributed by atoms with Gasteiger partial charge in [0.2, 0.25) is 0 Å². The standard InChI is InChI=1S/C33H33N3O7/c1-20-15-24(29(38)34-19-22-7-6-8-25(37)16-22)11-12-26(20)30(39)35-27(31(40)42-5)17-21-9-10-23-13-14-36(28(23)18-21)32(41)43-33(2,3)4/h6-18,37H,19H2,1-5H3,(H,34,38)(H,35,39). The lowest BCUT2D eigenvalue weighted by molar-refractivity contribution is -0.136. The van der Waals surface area contributed by atoms with E-state index in [4.69, 9.17) is 9.47 Å². The van der Waals surface area contributed by atoms with Crippen LogP contribution >= 0.6 is 0 Å². The molecule has 0 spiro atoms. The summed E-state index contributed by atoms with van der Waals surface area (Å²) in [6, 6.07) is 18.2. The van der Waals surface area contributed by atoms with Crippen LogP contribution in [0.1, 0.15) is 58.2 Å². The van der Waals surface area contributed by atoms with E-state index in [1.807, 2.05) is 0 Å². The number of nitrogens with zero attached hydrogens (tertiary/aromatic N) is 1. The lowest BCUT2D eigenvalue weighted by Gasteiger charge is -2.19. The van der Waals surface area contributed by atoms with Crippen molar-refractivity contribution >= 4 is 40.9 Å². The van der Waals surface area contributed by atoms with Crippen LogP contribution in [0, 0.1) is 6.92 Å². The summed E-state index contributed by atoms with van der Waals surface area (Å²) in [6.07, 6.45) is 2.51. The van der Waals surface area contributed by atoms with Gasteiger partial charge in [-0.2, -0.15) is 0 Å². The van der Waals surface area contributed by atoms with Crippen molar-refractivity contribution in [3.05, 3.63) is 106 Å². The number of rotatable bonds is 7. The van der Waals surface area contributed by atoms with Crippen molar-refractivity contribution in [2.45, 2.75) is 39.8 Å². The van der Waals surface area contributed by atoms with E-state index < -0.39 is 23.6 Å². The molecule has 43 heavy (non-hydrogen) atoms. The average molecular weight is 584 g/mol. The summed E-state index contributed by atoms with van der Waals surface area (Å²) in [5.41, 5.74) is 2.16. The summed E-state index contributed by atoms with van der Waals surface area (Å²) in [5.74, 6) is -1.58. The van der Waals surface area contributed by atoms with Gasteiger partial charge in [0, 0.05) is 29.3 Å². The van der Waals surface area contributed by atoms with E-state index in [9.17, 15) is 24.3 Å². The first kappa shape index (κ1) is 30.6. The number of benzene rings is 3. The second kappa shape index (κ2) is 12.6. The number of hydrogen-bond acceptors (Lipinski definition) is 7. The molecular weight excluding hydrogens is 550 g/mol. The van der Waals surface area contributed by atoms with Crippen LogP contribution in [0.15, 0.2) is 78.6 Å². The predicted molar refractivity (Wildman–Crippen MR) is 161 cm³/mol. The predicted octanol–water partition coefficient (Wildman–Crippen LogP) is 5.31. The maximum atomic E-state index is 13.2. The molecule has 0 saturated heterocycles. The Morgan fingerprint density at radius 3 is 2.40 bits per heavy atom. The first-order valence-electron chi connectivity index (χ1n) is 13.5. The van der Waals surface area contributed by atoms with Gasteiger partial charge < -0.3 is 25.2 Å². The third kappa shape index (κ3) is 7.68. The fourth-order valence-corrected chi connectivity index (χ4v) is 4.33. The van der Waals surface area contributed by atoms with Crippen LogP contribution < -0.4 is 10.6 Å². The van der Waals surface area contributed by atoms with E-state index in [0.29, 0.717) is 22.2 Å². The maximum Gasteiger partial charge on any atom is 0.418 e. The van der Waals surface area contributed by atoms with Gasteiger partial charge in [0.15, 0.2) is 0 Å². The number of aromatic hydroxyl groups is 1. The Kier molecular flexibility index (Phi) is 8.99. The van der Waals surface area contributed by atoms with E-state index in [2.05, 4.69) is 10.6 Å². The first-order valence-corrected chi connectivity index (χ1v) is 13.5. The highest BCUT2D eigenvalue weighted by Gasteiger charge is 2.20. The van der Waals surface area contributed by atoms with Gasteiger partial charge in [-0.25, -0.2) is 9.59 Å². The molecule has 0 radical (unpaired) electrons. The lowest BCUT2D eigenvalue weighted by Crippen LogP contribution is -2.29. The summed E-state index contributed by atoms with van der Waals surface area (Å²) < 4.78 is 11.8. The molecule has 0 fully saturated rings. The Balaban J connectivity index is 1.53. The van der Waals surface area contributed by atoms with Gasteiger partial charge in [-0.3, -0.25) is 14.2 Å². The molecule has 0 bridgehead atoms. The minimum absolute atomic E-state index is 0.106. The molecular formula is C33H33N3O7. The van der Waals surface area contributed by atoms with Crippen LogP contribution in [0.2, 0.25) is 0 Å². The highest BCUT2D eigenvalue weighted by atomic mass is 16.6. The zero-order chi connectivity index (χ0) is 31.3. The van der Waals surface area contributed by atoms with E-state index in [1.165, 1.54) is 29.9 Å². The summed E-state index contributed by atoms with van der Waals surface area (Å²) in [6.45, 7) is 7.23. The van der Waals surface area contributed by atoms with E-state index in [0.717, 1.165) is 10.9 Å². The summed E-state index contributed by atoms with van der Waals surface area (Å²) in [4.78, 5) is 51.2. The normalized spacial score (nSPS) is 11.6. The van der Waals surface area contributed by atoms with E-state index >= 15 is 0 Å². The SMILES string of the molecule is COC(=O)C(=Cc1ccc2ccn(C(=O)OC(C)(C)C)c2c1)NC(=O)c1ccc(C(=O)NCc2cccc(O)c2)cc1C. The molecule has 222 valence electrons. The van der Waals surface area contributed by atoms with Crippen molar-refractivity contribution < 1.29 is 33.8 Å². The zero-order valence-corrected chi connectivity index (χ0v) is 24.6. The molecule has 0 aliphatic rings. The van der Waals surface area contributed by atoms with Crippen molar-refractivity contribution in [2.24, 2.45) is 0 Å². The molecule has 10 nitrogen and oxygen atoms in total. The van der Waals surface area contributed by atoms with Gasteiger partial charge in [-0.05, 0) is 92.9 Å². The van der Waals surface area contributed by atoms with Crippen LogP contribution in [0.25, 0.3) is 17.0 Å². The van der Waals surface area contributed by atoms with Crippen molar-refractivity contribution in [3.8, 4) is 5.75 Å². The Morgan fingerprint density at radius 2 is 1.72 bits per heavy atom. The number of amides is 2. The summed E-state index contributed by atoms with van der Waals surface area (Å²) in [7, 11) is 1.20. The molecule has 0 unspecified atom stereocenters. The van der Waals surface area contributed by atoms with Gasteiger partial charge >= 0.3 is 12.1 Å². The number of hydrogen-bond donors (Lipinski definition) is 3. The fraction of sp³-hybridized carbons (Fsp3) is 0.212. The minimum atomic E-state index is -0.767. The largest absolute Gasteiger partial charge is 0.508 e. The first-order chi connectivity index (χ1) is 20.3. The third-order valence-electron chi connectivity index (χ3n) is 6.37. The number of carbonyl (C=O) groups is 4. The Hall–Kier alpha value is -5.38. The molecule has 10 heteroatoms. The molecule has 1 heterocycles. The van der Waals surface area contributed by atoms with Gasteiger partial charge in [-0.1, -0.05) is 24.3 Å². The topological polar surface area (TPSA) is 136 Å². The molecule has 3 aromatic carbocycles. The molecule has 0 aliphatic heterocycles. The smallest absolute Gasteiger partial charge is 0.418 e. The average Bonchev–Trinajstić information content (AvgIpc) is 3.37. The highest BCUT2D eigenvalue weighted by Crippen LogP contribution is 2.22. The molecule has 4 aromatic rings. The zero-order valence-electron chi connectivity index (χ0n) is 24.6. The second-order valence-corrected chi connectivity index (χ2v) is 10.9. The van der Waals surface area contributed by atoms with Crippen molar-refractivity contribution in [1.82, 2.24) is 15.2 Å². The summed E-state index contributed by atoms with van der Waals surface area (Å²) >= 11 is 0. The third-order valence-corrected chi connectivity index (χ3v) is 6.37. The molecule has 0 atom stereocenters. The lowest BCUT2D eigenvalue weighted by atomic mass is 10.0. The fourth-order valence-electron chi connectivity index (χ4n) is 4.33. The molecule has 2 amide bonds. The number of nitrogens with one attached hydrogen (secondary N) is 2. The Bertz CT molecular complexity index is 1740. The molecule has 3 N–H and O–H groups in total. The van der Waals surface area contributed by atoms with Gasteiger partial charge in [0.1, 0.15) is 17.0 Å². The number of fused-ring (bicyclic) bond motifs is 1. The van der Waals surface area contributed by atoms with Crippen LogP contribution in [0.3, 0.4) is 0 Å². The Labute approximate surface area is 248 Å². The molecule has 0 saturated carbocycles. The second-order valence-electron chi connectivity index (χ2n) is 10.9. The maximum absolute atomic E-state index is 13.2. The van der Waals surface area contributed by atoms with Crippen molar-refractivity contribution in [3.63, 3.8) is 0 Å². The Morgan fingerprint density at radius 1 is 0.953 bits per heavy atom. The van der Waals surface area contributed by atoms with Gasteiger partial charge in [0.25, 0.3) is 11.8 Å². The van der Waals surface area contributed by atoms with Crippen LogP contribution in [0.5, 0.6) is 5.75 Å². The molecule has 0 aliphatic carbocycles. The van der Waals surface area contributed by atoms with E-state index in [1.54, 1.807) is 88.5 Å². The highest BCUT2D eigenvalue weighted by molar-refractivity contribution is 6.05. The van der Waals surface area contributed by atoms with Gasteiger partial charge in [-0.15, -0.1) is 0 Å². The van der Waals surface area contributed by atoms with Crippen LogP contribution in [0.4, 0.5) is 4.79 Å². The number of aryl methyl sites for hydroxylation is 1. The minimum Gasteiger partial charge on any atom is -0.508 e. The number of esters is 1.